The van der Waals surface area contributed by atoms with Gasteiger partial charge in [-0.25, -0.2) is 0 Å². The van der Waals surface area contributed by atoms with Crippen molar-refractivity contribution in [3.05, 3.63) is 29.8 Å². The molecule has 2 N–H and O–H groups in total. The average molecular weight is 206 g/mol. The fraction of sp³-hybridized carbons (Fsp3) is 0.538. The number of nitrogens with two attached hydrogens (primary N) is 1. The maximum absolute atomic E-state index is 5.65. The van der Waals surface area contributed by atoms with Crippen LogP contribution >= 0.6 is 0 Å². The lowest BCUT2D eigenvalue weighted by atomic mass is 10.1. The largest absolute Gasteiger partial charge is 0.369 e. The zero-order chi connectivity index (χ0) is 11.3. The standard InChI is InChI=1S/C13H22N2/c1-4-8-15(11(2)3)13-7-5-6-12(9-13)10-14/h5-7,9,11H,4,8,10,14H2,1-3H3. The summed E-state index contributed by atoms with van der Waals surface area (Å²) in [6.45, 7) is 8.38. The summed E-state index contributed by atoms with van der Waals surface area (Å²) in [5.41, 5.74) is 8.14. The molecule has 1 rings (SSSR count). The van der Waals surface area contributed by atoms with Crippen molar-refractivity contribution >= 4 is 5.69 Å². The zero-order valence-corrected chi connectivity index (χ0v) is 10.0. The predicted octanol–water partition coefficient (Wildman–Crippen LogP) is 2.77. The molecule has 0 aliphatic carbocycles. The first-order valence-corrected chi connectivity index (χ1v) is 5.74. The third-order valence-corrected chi connectivity index (χ3v) is 2.57. The fourth-order valence-electron chi connectivity index (χ4n) is 1.79. The molecule has 0 bridgehead atoms. The van der Waals surface area contributed by atoms with Gasteiger partial charge in [-0.3, -0.25) is 0 Å². The van der Waals surface area contributed by atoms with Crippen LogP contribution in [-0.2, 0) is 6.54 Å². The molecule has 2 nitrogen and oxygen atoms in total. The Labute approximate surface area is 93.1 Å². The van der Waals surface area contributed by atoms with E-state index in [2.05, 4.69) is 49.9 Å². The highest BCUT2D eigenvalue weighted by molar-refractivity contribution is 5.49. The summed E-state index contributed by atoms with van der Waals surface area (Å²) < 4.78 is 0. The van der Waals surface area contributed by atoms with E-state index in [4.69, 9.17) is 5.73 Å². The molecule has 0 aliphatic rings. The predicted molar refractivity (Wildman–Crippen MR) is 67.1 cm³/mol. The van der Waals surface area contributed by atoms with Gasteiger partial charge < -0.3 is 10.6 Å². The van der Waals surface area contributed by atoms with Gasteiger partial charge in [0.2, 0.25) is 0 Å². The molecule has 1 aromatic carbocycles. The van der Waals surface area contributed by atoms with Gasteiger partial charge in [-0.2, -0.15) is 0 Å². The molecule has 0 saturated heterocycles. The van der Waals surface area contributed by atoms with Gasteiger partial charge in [0.05, 0.1) is 0 Å². The molecule has 0 aliphatic heterocycles. The highest BCUT2D eigenvalue weighted by atomic mass is 15.1. The zero-order valence-electron chi connectivity index (χ0n) is 10.0. The second-order valence-electron chi connectivity index (χ2n) is 4.16. The molecule has 0 amide bonds. The number of rotatable bonds is 5. The summed E-state index contributed by atoms with van der Waals surface area (Å²) in [5, 5.41) is 0. The van der Waals surface area contributed by atoms with Crippen LogP contribution in [0.4, 0.5) is 5.69 Å². The van der Waals surface area contributed by atoms with E-state index in [-0.39, 0.29) is 0 Å². The average Bonchev–Trinajstić information content (AvgIpc) is 2.25. The number of nitrogens with zero attached hydrogens (tertiary/aromatic N) is 1. The number of benzene rings is 1. The van der Waals surface area contributed by atoms with Crippen molar-refractivity contribution in [1.82, 2.24) is 0 Å². The third-order valence-electron chi connectivity index (χ3n) is 2.57. The minimum atomic E-state index is 0.540. The molecule has 0 unspecified atom stereocenters. The van der Waals surface area contributed by atoms with Crippen molar-refractivity contribution in [3.8, 4) is 0 Å². The number of hydrogen-bond acceptors (Lipinski definition) is 2. The van der Waals surface area contributed by atoms with Gasteiger partial charge in [0.25, 0.3) is 0 Å². The van der Waals surface area contributed by atoms with Crippen molar-refractivity contribution < 1.29 is 0 Å². The molecule has 1 aromatic rings. The maximum atomic E-state index is 5.65. The van der Waals surface area contributed by atoms with Crippen LogP contribution in [0.1, 0.15) is 32.8 Å². The van der Waals surface area contributed by atoms with Gasteiger partial charge >= 0.3 is 0 Å². The Balaban J connectivity index is 2.89. The summed E-state index contributed by atoms with van der Waals surface area (Å²) in [4.78, 5) is 2.42. The Kier molecular flexibility index (Phi) is 4.63. The van der Waals surface area contributed by atoms with Crippen LogP contribution in [0.25, 0.3) is 0 Å². The molecular weight excluding hydrogens is 184 g/mol. The van der Waals surface area contributed by atoms with Crippen LogP contribution in [0.5, 0.6) is 0 Å². The minimum absolute atomic E-state index is 0.540. The maximum Gasteiger partial charge on any atom is 0.0371 e. The van der Waals surface area contributed by atoms with Crippen molar-refractivity contribution in [3.63, 3.8) is 0 Å². The number of hydrogen-bond donors (Lipinski definition) is 1. The monoisotopic (exact) mass is 206 g/mol. The Hall–Kier alpha value is -1.02. The molecule has 0 aromatic heterocycles. The van der Waals surface area contributed by atoms with Gasteiger partial charge in [0.15, 0.2) is 0 Å². The molecule has 84 valence electrons. The fourth-order valence-corrected chi connectivity index (χ4v) is 1.79. The van der Waals surface area contributed by atoms with Crippen LogP contribution in [0.2, 0.25) is 0 Å². The molecule has 0 saturated carbocycles. The Morgan fingerprint density at radius 3 is 2.60 bits per heavy atom. The van der Waals surface area contributed by atoms with Gasteiger partial charge in [-0.05, 0) is 38.0 Å². The van der Waals surface area contributed by atoms with E-state index < -0.39 is 0 Å². The Morgan fingerprint density at radius 1 is 1.33 bits per heavy atom. The van der Waals surface area contributed by atoms with Crippen LogP contribution in [0.15, 0.2) is 24.3 Å². The van der Waals surface area contributed by atoms with Crippen LogP contribution in [-0.4, -0.2) is 12.6 Å². The van der Waals surface area contributed by atoms with Crippen molar-refractivity contribution in [2.45, 2.75) is 39.8 Å². The SMILES string of the molecule is CCCN(c1cccc(CN)c1)C(C)C. The highest BCUT2D eigenvalue weighted by Crippen LogP contribution is 2.18. The summed E-state index contributed by atoms with van der Waals surface area (Å²) in [6, 6.07) is 9.05. The van der Waals surface area contributed by atoms with E-state index in [1.54, 1.807) is 0 Å². The normalized spacial score (nSPS) is 10.7. The van der Waals surface area contributed by atoms with Crippen molar-refractivity contribution in [1.29, 1.82) is 0 Å². The van der Waals surface area contributed by atoms with E-state index in [0.717, 1.165) is 6.54 Å². The minimum Gasteiger partial charge on any atom is -0.369 e. The molecule has 0 heterocycles. The second kappa shape index (κ2) is 5.76. The van der Waals surface area contributed by atoms with Crippen molar-refractivity contribution in [2.75, 3.05) is 11.4 Å². The van der Waals surface area contributed by atoms with E-state index in [0.29, 0.717) is 12.6 Å². The quantitative estimate of drug-likeness (QED) is 0.802. The lowest BCUT2D eigenvalue weighted by Gasteiger charge is -2.29. The molecule has 0 radical (unpaired) electrons. The summed E-state index contributed by atoms with van der Waals surface area (Å²) in [7, 11) is 0. The lowest BCUT2D eigenvalue weighted by Crippen LogP contribution is -2.31. The molecule has 0 atom stereocenters. The first kappa shape index (κ1) is 12.1. The Bertz CT molecular complexity index is 294. The molecule has 15 heavy (non-hydrogen) atoms. The van der Waals surface area contributed by atoms with E-state index in [9.17, 15) is 0 Å². The van der Waals surface area contributed by atoms with Crippen LogP contribution in [0.3, 0.4) is 0 Å². The van der Waals surface area contributed by atoms with E-state index >= 15 is 0 Å². The molecule has 0 spiro atoms. The third kappa shape index (κ3) is 3.24. The summed E-state index contributed by atoms with van der Waals surface area (Å²) in [5.74, 6) is 0. The molecule has 0 fully saturated rings. The number of anilines is 1. The van der Waals surface area contributed by atoms with E-state index in [1.165, 1.54) is 17.7 Å². The van der Waals surface area contributed by atoms with E-state index in [1.807, 2.05) is 0 Å². The second-order valence-corrected chi connectivity index (χ2v) is 4.16. The van der Waals surface area contributed by atoms with Crippen LogP contribution in [0, 0.1) is 0 Å². The Morgan fingerprint density at radius 2 is 2.07 bits per heavy atom. The van der Waals surface area contributed by atoms with Crippen LogP contribution < -0.4 is 10.6 Å². The molecular formula is C13H22N2. The lowest BCUT2D eigenvalue weighted by molar-refractivity contribution is 0.671. The first-order chi connectivity index (χ1) is 7.19. The van der Waals surface area contributed by atoms with Gasteiger partial charge in [-0.15, -0.1) is 0 Å². The van der Waals surface area contributed by atoms with Gasteiger partial charge in [-0.1, -0.05) is 19.1 Å². The van der Waals surface area contributed by atoms with Gasteiger partial charge in [0, 0.05) is 24.8 Å². The first-order valence-electron chi connectivity index (χ1n) is 5.74. The summed E-state index contributed by atoms with van der Waals surface area (Å²) in [6.07, 6.45) is 1.17. The topological polar surface area (TPSA) is 29.3 Å². The van der Waals surface area contributed by atoms with Gasteiger partial charge in [0.1, 0.15) is 0 Å². The smallest absolute Gasteiger partial charge is 0.0371 e. The molecule has 2 heteroatoms. The summed E-state index contributed by atoms with van der Waals surface area (Å²) >= 11 is 0. The van der Waals surface area contributed by atoms with Crippen molar-refractivity contribution in [2.24, 2.45) is 5.73 Å². The highest BCUT2D eigenvalue weighted by Gasteiger charge is 2.09.